The maximum absolute atomic E-state index is 2.34. The van der Waals surface area contributed by atoms with Crippen molar-refractivity contribution in [3.05, 3.63) is 28.3 Å². The van der Waals surface area contributed by atoms with Gasteiger partial charge in [0.2, 0.25) is 5.69 Å². The van der Waals surface area contributed by atoms with Gasteiger partial charge in [0.05, 0.1) is 5.41 Å². The van der Waals surface area contributed by atoms with Crippen LogP contribution in [0.3, 0.4) is 0 Å². The van der Waals surface area contributed by atoms with Crippen LogP contribution in [0.4, 0.5) is 5.69 Å². The minimum atomic E-state index is 0.173. The van der Waals surface area contributed by atoms with Crippen LogP contribution < -0.4 is 0 Å². The third kappa shape index (κ3) is 1.20. The first kappa shape index (κ1) is 11.4. The highest BCUT2D eigenvalue weighted by molar-refractivity contribution is 5.94. The lowest BCUT2D eigenvalue weighted by Crippen LogP contribution is -2.26. The first-order valence-corrected chi connectivity index (χ1v) is 5.97. The van der Waals surface area contributed by atoms with Gasteiger partial charge in [-0.2, -0.15) is 0 Å². The first-order chi connectivity index (χ1) is 7.28. The lowest BCUT2D eigenvalue weighted by Gasteiger charge is -2.19. The second-order valence-electron chi connectivity index (χ2n) is 5.61. The third-order valence-corrected chi connectivity index (χ3v) is 4.53. The lowest BCUT2D eigenvalue weighted by molar-refractivity contribution is -0.403. The van der Waals surface area contributed by atoms with Crippen LogP contribution in [0.25, 0.3) is 0 Å². The Bertz CT molecular complexity index is 505. The summed E-state index contributed by atoms with van der Waals surface area (Å²) in [6.45, 7) is 13.6. The fourth-order valence-electron chi connectivity index (χ4n) is 2.90. The zero-order chi connectivity index (χ0) is 12.2. The molecule has 1 aromatic rings. The fraction of sp³-hybridized carbons (Fsp3) is 0.533. The van der Waals surface area contributed by atoms with Crippen molar-refractivity contribution in [1.82, 2.24) is 0 Å². The van der Waals surface area contributed by atoms with Gasteiger partial charge in [-0.05, 0) is 51.3 Å². The van der Waals surface area contributed by atoms with E-state index < -0.39 is 0 Å². The second kappa shape index (κ2) is 3.19. The van der Waals surface area contributed by atoms with Crippen molar-refractivity contribution in [3.63, 3.8) is 0 Å². The van der Waals surface area contributed by atoms with Gasteiger partial charge in [-0.25, -0.2) is 4.58 Å². The molecule has 0 saturated heterocycles. The molecule has 0 spiro atoms. The number of fused-ring (bicyclic) bond motifs is 1. The Morgan fingerprint density at radius 2 is 1.56 bits per heavy atom. The Kier molecular flexibility index (Phi) is 2.27. The summed E-state index contributed by atoms with van der Waals surface area (Å²) in [4.78, 5) is 0. The quantitative estimate of drug-likeness (QED) is 0.582. The highest BCUT2D eigenvalue weighted by atomic mass is 15.0. The summed E-state index contributed by atoms with van der Waals surface area (Å²) in [5.41, 5.74) is 8.81. The molecule has 0 unspecified atom stereocenters. The van der Waals surface area contributed by atoms with E-state index in [4.69, 9.17) is 0 Å². The van der Waals surface area contributed by atoms with E-state index in [0.29, 0.717) is 0 Å². The minimum Gasteiger partial charge on any atom is -0.202 e. The van der Waals surface area contributed by atoms with Crippen LogP contribution >= 0.6 is 0 Å². The Hall–Kier alpha value is -1.11. The van der Waals surface area contributed by atoms with Gasteiger partial charge in [0.15, 0.2) is 5.71 Å². The monoisotopic (exact) mass is 216 g/mol. The molecular formula is C15H22N+. The molecule has 1 heteroatoms. The molecule has 0 amide bonds. The average Bonchev–Trinajstić information content (AvgIpc) is 2.37. The summed E-state index contributed by atoms with van der Waals surface area (Å²) in [6, 6.07) is 2.33. The summed E-state index contributed by atoms with van der Waals surface area (Å²) in [5.74, 6) is 0. The zero-order valence-corrected chi connectivity index (χ0v) is 11.5. The SMILES string of the molecule is CC1=[N+](C)c2cc(C)c(C)c(C)c2C1(C)C. The third-order valence-electron chi connectivity index (χ3n) is 4.53. The number of benzene rings is 1. The van der Waals surface area contributed by atoms with Gasteiger partial charge in [0.1, 0.15) is 7.05 Å². The van der Waals surface area contributed by atoms with E-state index in [1.165, 1.54) is 33.7 Å². The minimum absolute atomic E-state index is 0.173. The van der Waals surface area contributed by atoms with E-state index in [9.17, 15) is 0 Å². The number of hydrogen-bond donors (Lipinski definition) is 0. The second-order valence-corrected chi connectivity index (χ2v) is 5.61. The molecule has 0 fully saturated rings. The molecule has 0 saturated carbocycles. The molecule has 1 nitrogen and oxygen atoms in total. The smallest absolute Gasteiger partial charge is 0.202 e. The standard InChI is InChI=1S/C15H22N/c1-9-8-13-14(11(3)10(9)2)15(5,6)12(4)16(13)7/h8H,1-7H3/q+1. The van der Waals surface area contributed by atoms with Crippen molar-refractivity contribution < 1.29 is 4.58 Å². The fourth-order valence-corrected chi connectivity index (χ4v) is 2.90. The van der Waals surface area contributed by atoms with Crippen molar-refractivity contribution in [2.45, 2.75) is 47.0 Å². The van der Waals surface area contributed by atoms with E-state index in [0.717, 1.165) is 0 Å². The summed E-state index contributed by atoms with van der Waals surface area (Å²) in [6.07, 6.45) is 0. The molecule has 1 aromatic carbocycles. The van der Waals surface area contributed by atoms with Crippen LogP contribution in [-0.4, -0.2) is 17.3 Å². The molecule has 16 heavy (non-hydrogen) atoms. The van der Waals surface area contributed by atoms with Gasteiger partial charge in [0.25, 0.3) is 0 Å². The number of hydrogen-bond acceptors (Lipinski definition) is 0. The van der Waals surface area contributed by atoms with Crippen molar-refractivity contribution in [3.8, 4) is 0 Å². The number of rotatable bonds is 0. The largest absolute Gasteiger partial charge is 0.209 e. The van der Waals surface area contributed by atoms with Gasteiger partial charge < -0.3 is 0 Å². The number of nitrogens with zero attached hydrogens (tertiary/aromatic N) is 1. The summed E-state index contributed by atoms with van der Waals surface area (Å²) in [7, 11) is 2.18. The summed E-state index contributed by atoms with van der Waals surface area (Å²) >= 11 is 0. The van der Waals surface area contributed by atoms with Gasteiger partial charge in [0, 0.05) is 18.6 Å². The predicted octanol–water partition coefficient (Wildman–Crippen LogP) is 3.64. The van der Waals surface area contributed by atoms with E-state index in [1.807, 2.05) is 0 Å². The Labute approximate surface area is 98.8 Å². The summed E-state index contributed by atoms with van der Waals surface area (Å²) in [5, 5.41) is 0. The Balaban J connectivity index is 2.86. The summed E-state index contributed by atoms with van der Waals surface area (Å²) < 4.78 is 2.34. The van der Waals surface area contributed by atoms with E-state index in [-0.39, 0.29) is 5.41 Å². The van der Waals surface area contributed by atoms with Gasteiger partial charge >= 0.3 is 0 Å². The molecule has 0 bridgehead atoms. The maximum Gasteiger partial charge on any atom is 0.209 e. The van der Waals surface area contributed by atoms with Gasteiger partial charge in [-0.15, -0.1) is 0 Å². The molecule has 0 radical (unpaired) electrons. The van der Waals surface area contributed by atoms with Crippen LogP contribution in [-0.2, 0) is 5.41 Å². The van der Waals surface area contributed by atoms with Crippen molar-refractivity contribution in [1.29, 1.82) is 0 Å². The molecule has 2 rings (SSSR count). The van der Waals surface area contributed by atoms with E-state index >= 15 is 0 Å². The number of aryl methyl sites for hydroxylation is 1. The predicted molar refractivity (Wildman–Crippen MR) is 70.2 cm³/mol. The lowest BCUT2D eigenvalue weighted by atomic mass is 9.78. The molecule has 1 aliphatic rings. The van der Waals surface area contributed by atoms with Gasteiger partial charge in [-0.1, -0.05) is 0 Å². The van der Waals surface area contributed by atoms with Gasteiger partial charge in [-0.3, -0.25) is 0 Å². The van der Waals surface area contributed by atoms with Crippen LogP contribution in [0, 0.1) is 20.8 Å². The molecule has 1 aliphatic heterocycles. The Morgan fingerprint density at radius 3 is 2.12 bits per heavy atom. The average molecular weight is 216 g/mol. The van der Waals surface area contributed by atoms with Crippen molar-refractivity contribution in [2.75, 3.05) is 7.05 Å². The molecule has 0 atom stereocenters. The van der Waals surface area contributed by atoms with Crippen molar-refractivity contribution >= 4 is 11.4 Å². The topological polar surface area (TPSA) is 3.01 Å². The molecular weight excluding hydrogens is 194 g/mol. The molecule has 0 N–H and O–H groups in total. The zero-order valence-electron chi connectivity index (χ0n) is 11.5. The van der Waals surface area contributed by atoms with Crippen LogP contribution in [0.15, 0.2) is 6.07 Å². The highest BCUT2D eigenvalue weighted by Crippen LogP contribution is 2.42. The van der Waals surface area contributed by atoms with Crippen LogP contribution in [0.2, 0.25) is 0 Å². The van der Waals surface area contributed by atoms with Crippen LogP contribution in [0.5, 0.6) is 0 Å². The molecule has 0 aromatic heterocycles. The Morgan fingerprint density at radius 1 is 1.00 bits per heavy atom. The molecule has 86 valence electrons. The molecule has 0 aliphatic carbocycles. The van der Waals surface area contributed by atoms with Crippen molar-refractivity contribution in [2.24, 2.45) is 0 Å². The normalized spacial score (nSPS) is 17.9. The molecule has 1 heterocycles. The highest BCUT2D eigenvalue weighted by Gasteiger charge is 2.43. The van der Waals surface area contributed by atoms with Crippen LogP contribution in [0.1, 0.15) is 43.0 Å². The van der Waals surface area contributed by atoms with E-state index in [2.05, 4.69) is 59.2 Å². The van der Waals surface area contributed by atoms with E-state index in [1.54, 1.807) is 0 Å². The maximum atomic E-state index is 2.34. The first-order valence-electron chi connectivity index (χ1n) is 5.97.